The van der Waals surface area contributed by atoms with Crippen molar-refractivity contribution in [3.8, 4) is 0 Å². The Morgan fingerprint density at radius 2 is 1.95 bits per heavy atom. The fourth-order valence-electron chi connectivity index (χ4n) is 2.16. The van der Waals surface area contributed by atoms with Crippen molar-refractivity contribution in [3.05, 3.63) is 64.1 Å². The van der Waals surface area contributed by atoms with Crippen molar-refractivity contribution in [1.82, 2.24) is 5.32 Å². The third-order valence-electron chi connectivity index (χ3n) is 3.24. The Labute approximate surface area is 133 Å². The number of anilines is 1. The normalized spacial score (nSPS) is 11.8. The molecule has 1 amide bonds. The number of hydrogen-bond donors (Lipinski definition) is 2. The molecule has 0 aromatic heterocycles. The van der Waals surface area contributed by atoms with Gasteiger partial charge in [0.1, 0.15) is 0 Å². The van der Waals surface area contributed by atoms with Crippen LogP contribution in [0.25, 0.3) is 0 Å². The highest BCUT2D eigenvalue weighted by molar-refractivity contribution is 9.10. The van der Waals surface area contributed by atoms with Crippen molar-refractivity contribution < 1.29 is 4.79 Å². The van der Waals surface area contributed by atoms with Crippen molar-refractivity contribution in [1.29, 1.82) is 0 Å². The Kier molecular flexibility index (Phi) is 5.39. The second-order valence-electron chi connectivity index (χ2n) is 4.83. The van der Waals surface area contributed by atoms with E-state index in [9.17, 15) is 4.79 Å². The van der Waals surface area contributed by atoms with E-state index in [1.165, 1.54) is 0 Å². The molecule has 0 bridgehead atoms. The average molecular weight is 347 g/mol. The van der Waals surface area contributed by atoms with Gasteiger partial charge in [0, 0.05) is 16.7 Å². The summed E-state index contributed by atoms with van der Waals surface area (Å²) in [5.74, 6) is -0.0703. The smallest absolute Gasteiger partial charge is 0.253 e. The molecule has 0 aliphatic rings. The van der Waals surface area contributed by atoms with Gasteiger partial charge in [0.15, 0.2) is 0 Å². The van der Waals surface area contributed by atoms with E-state index < -0.39 is 0 Å². The van der Waals surface area contributed by atoms with Gasteiger partial charge in [-0.05, 0) is 43.7 Å². The second-order valence-corrected chi connectivity index (χ2v) is 5.74. The van der Waals surface area contributed by atoms with Crippen LogP contribution in [-0.2, 0) is 0 Å². The Morgan fingerprint density at radius 1 is 1.19 bits per heavy atom. The number of para-hydroxylation sites is 1. The molecule has 0 aliphatic heterocycles. The highest BCUT2D eigenvalue weighted by Gasteiger charge is 2.14. The molecule has 21 heavy (non-hydrogen) atoms. The summed E-state index contributed by atoms with van der Waals surface area (Å²) in [6.07, 6.45) is 0. The molecule has 0 radical (unpaired) electrons. The molecule has 3 nitrogen and oxygen atoms in total. The van der Waals surface area contributed by atoms with Gasteiger partial charge in [-0.25, -0.2) is 0 Å². The zero-order valence-corrected chi connectivity index (χ0v) is 13.8. The Balaban J connectivity index is 2.14. The molecule has 1 atom stereocenters. The minimum Gasteiger partial charge on any atom is -0.385 e. The molecular formula is C17H19BrN2O. The predicted octanol–water partition coefficient (Wildman–Crippen LogP) is 4.37. The Hall–Kier alpha value is -1.81. The number of nitrogens with one attached hydrogen (secondary N) is 2. The summed E-state index contributed by atoms with van der Waals surface area (Å²) in [6.45, 7) is 4.78. The first-order chi connectivity index (χ1) is 10.1. The maximum absolute atomic E-state index is 12.4. The lowest BCUT2D eigenvalue weighted by Crippen LogP contribution is -2.27. The highest BCUT2D eigenvalue weighted by Crippen LogP contribution is 2.20. The topological polar surface area (TPSA) is 41.1 Å². The Bertz CT molecular complexity index is 628. The van der Waals surface area contributed by atoms with Gasteiger partial charge in [-0.15, -0.1) is 0 Å². The molecule has 0 aliphatic carbocycles. The quantitative estimate of drug-likeness (QED) is 0.843. The second kappa shape index (κ2) is 7.27. The van der Waals surface area contributed by atoms with Gasteiger partial charge in [0.2, 0.25) is 0 Å². The van der Waals surface area contributed by atoms with Crippen LogP contribution in [0.1, 0.15) is 35.8 Å². The lowest BCUT2D eigenvalue weighted by Gasteiger charge is -2.16. The van der Waals surface area contributed by atoms with E-state index in [1.54, 1.807) is 0 Å². The van der Waals surface area contributed by atoms with Crippen molar-refractivity contribution >= 4 is 27.5 Å². The summed E-state index contributed by atoms with van der Waals surface area (Å²) in [5.41, 5.74) is 2.60. The summed E-state index contributed by atoms with van der Waals surface area (Å²) in [4.78, 5) is 12.4. The molecule has 0 heterocycles. The largest absolute Gasteiger partial charge is 0.385 e. The van der Waals surface area contributed by atoms with E-state index in [0.717, 1.165) is 22.3 Å². The molecule has 0 unspecified atom stereocenters. The molecule has 4 heteroatoms. The lowest BCUT2D eigenvalue weighted by atomic mass is 10.1. The summed E-state index contributed by atoms with van der Waals surface area (Å²) in [7, 11) is 0. The van der Waals surface area contributed by atoms with Gasteiger partial charge in [-0.1, -0.05) is 40.2 Å². The third kappa shape index (κ3) is 4.08. The lowest BCUT2D eigenvalue weighted by molar-refractivity contribution is 0.0940. The van der Waals surface area contributed by atoms with Gasteiger partial charge in [0.25, 0.3) is 5.91 Å². The molecule has 110 valence electrons. The first-order valence-corrected chi connectivity index (χ1v) is 7.80. The van der Waals surface area contributed by atoms with Crippen LogP contribution in [0.2, 0.25) is 0 Å². The number of carbonyl (C=O) groups excluding carboxylic acids is 1. The number of carbonyl (C=O) groups is 1. The molecule has 0 fully saturated rings. The van der Waals surface area contributed by atoms with E-state index in [2.05, 4.69) is 26.6 Å². The number of benzene rings is 2. The monoisotopic (exact) mass is 346 g/mol. The molecule has 2 rings (SSSR count). The summed E-state index contributed by atoms with van der Waals surface area (Å²) < 4.78 is 1.01. The minimum atomic E-state index is -0.0703. The van der Waals surface area contributed by atoms with Crippen LogP contribution in [0.15, 0.2) is 53.0 Å². The predicted molar refractivity (Wildman–Crippen MR) is 90.6 cm³/mol. The van der Waals surface area contributed by atoms with Gasteiger partial charge >= 0.3 is 0 Å². The third-order valence-corrected chi connectivity index (χ3v) is 3.73. The van der Waals surface area contributed by atoms with E-state index >= 15 is 0 Å². The molecular weight excluding hydrogens is 328 g/mol. The van der Waals surface area contributed by atoms with E-state index in [4.69, 9.17) is 0 Å². The van der Waals surface area contributed by atoms with Crippen LogP contribution in [0.4, 0.5) is 5.69 Å². The van der Waals surface area contributed by atoms with Gasteiger partial charge in [-0.3, -0.25) is 4.79 Å². The first kappa shape index (κ1) is 15.6. The molecule has 2 aromatic carbocycles. The number of halogens is 1. The van der Waals surface area contributed by atoms with Gasteiger partial charge in [-0.2, -0.15) is 0 Å². The average Bonchev–Trinajstić information content (AvgIpc) is 2.48. The van der Waals surface area contributed by atoms with Crippen LogP contribution in [0, 0.1) is 0 Å². The van der Waals surface area contributed by atoms with E-state index in [-0.39, 0.29) is 11.9 Å². The van der Waals surface area contributed by atoms with Crippen molar-refractivity contribution in [3.63, 3.8) is 0 Å². The zero-order valence-electron chi connectivity index (χ0n) is 12.2. The molecule has 2 aromatic rings. The zero-order chi connectivity index (χ0) is 15.2. The summed E-state index contributed by atoms with van der Waals surface area (Å²) in [5, 5.41) is 6.25. The molecule has 0 spiro atoms. The van der Waals surface area contributed by atoms with E-state index in [1.807, 2.05) is 62.4 Å². The highest BCUT2D eigenvalue weighted by atomic mass is 79.9. The molecule has 0 saturated carbocycles. The fraction of sp³-hybridized carbons (Fsp3) is 0.235. The van der Waals surface area contributed by atoms with Crippen molar-refractivity contribution in [2.45, 2.75) is 19.9 Å². The van der Waals surface area contributed by atoms with Gasteiger partial charge < -0.3 is 10.6 Å². The summed E-state index contributed by atoms with van der Waals surface area (Å²) >= 11 is 3.45. The maximum atomic E-state index is 12.4. The SMILES string of the molecule is CCNc1ccccc1C(=O)N[C@@H](C)c1cccc(Br)c1. The van der Waals surface area contributed by atoms with Crippen LogP contribution in [-0.4, -0.2) is 12.5 Å². The van der Waals surface area contributed by atoms with Crippen LogP contribution < -0.4 is 10.6 Å². The van der Waals surface area contributed by atoms with Crippen LogP contribution in [0.5, 0.6) is 0 Å². The van der Waals surface area contributed by atoms with Crippen molar-refractivity contribution in [2.75, 3.05) is 11.9 Å². The summed E-state index contributed by atoms with van der Waals surface area (Å²) in [6, 6.07) is 15.5. The first-order valence-electron chi connectivity index (χ1n) is 7.01. The standard InChI is InChI=1S/C17H19BrN2O/c1-3-19-16-10-5-4-9-15(16)17(21)20-12(2)13-7-6-8-14(18)11-13/h4-12,19H,3H2,1-2H3,(H,20,21)/t12-/m0/s1. The maximum Gasteiger partial charge on any atom is 0.253 e. The molecule has 0 saturated heterocycles. The number of rotatable bonds is 5. The Morgan fingerprint density at radius 3 is 2.67 bits per heavy atom. The fourth-order valence-corrected chi connectivity index (χ4v) is 2.58. The van der Waals surface area contributed by atoms with Crippen LogP contribution in [0.3, 0.4) is 0 Å². The number of amides is 1. The van der Waals surface area contributed by atoms with Crippen molar-refractivity contribution in [2.24, 2.45) is 0 Å². The van der Waals surface area contributed by atoms with Gasteiger partial charge in [0.05, 0.1) is 11.6 Å². The van der Waals surface area contributed by atoms with E-state index in [0.29, 0.717) is 5.56 Å². The minimum absolute atomic E-state index is 0.0512. The number of hydrogen-bond acceptors (Lipinski definition) is 2. The molecule has 2 N–H and O–H groups in total. The van der Waals surface area contributed by atoms with Crippen LogP contribution >= 0.6 is 15.9 Å².